The van der Waals surface area contributed by atoms with Crippen molar-refractivity contribution in [1.29, 1.82) is 0 Å². The first-order valence-electron chi connectivity index (χ1n) is 7.21. The maximum absolute atomic E-state index is 11.8. The van der Waals surface area contributed by atoms with Crippen LogP contribution in [-0.4, -0.2) is 25.2 Å². The van der Waals surface area contributed by atoms with Gasteiger partial charge in [0.05, 0.1) is 0 Å². The van der Waals surface area contributed by atoms with Crippen molar-refractivity contribution < 1.29 is 9.53 Å². The Balaban J connectivity index is 1.59. The van der Waals surface area contributed by atoms with Gasteiger partial charge >= 0.3 is 0 Å². The van der Waals surface area contributed by atoms with Crippen LogP contribution in [-0.2, 0) is 9.53 Å². The molecule has 0 aromatic carbocycles. The molecule has 1 heterocycles. The maximum Gasteiger partial charge on any atom is 0.220 e. The average molecular weight is 239 g/mol. The molecular weight excluding hydrogens is 214 g/mol. The maximum atomic E-state index is 11.8. The van der Waals surface area contributed by atoms with Crippen LogP contribution in [0, 0.1) is 5.92 Å². The van der Waals surface area contributed by atoms with Gasteiger partial charge < -0.3 is 10.1 Å². The van der Waals surface area contributed by atoms with Crippen LogP contribution in [0.5, 0.6) is 0 Å². The lowest BCUT2D eigenvalue weighted by molar-refractivity contribution is -0.122. The molecule has 1 aliphatic heterocycles. The predicted octanol–water partition coefficient (Wildman–Crippen LogP) is 2.64. The highest BCUT2D eigenvalue weighted by molar-refractivity contribution is 5.76. The van der Waals surface area contributed by atoms with E-state index in [2.05, 4.69) is 5.32 Å². The van der Waals surface area contributed by atoms with Gasteiger partial charge in [-0.2, -0.15) is 0 Å². The van der Waals surface area contributed by atoms with Gasteiger partial charge in [-0.05, 0) is 38.0 Å². The van der Waals surface area contributed by atoms with Crippen molar-refractivity contribution in [3.63, 3.8) is 0 Å². The quantitative estimate of drug-likeness (QED) is 0.819. The second kappa shape index (κ2) is 7.00. The predicted molar refractivity (Wildman–Crippen MR) is 67.8 cm³/mol. The topological polar surface area (TPSA) is 38.3 Å². The second-order valence-corrected chi connectivity index (χ2v) is 5.50. The fourth-order valence-corrected chi connectivity index (χ4v) is 2.92. The lowest BCUT2D eigenvalue weighted by Gasteiger charge is -2.24. The molecular formula is C14H25NO2. The molecule has 98 valence electrons. The van der Waals surface area contributed by atoms with E-state index in [0.29, 0.717) is 18.4 Å². The average Bonchev–Trinajstić information content (AvgIpc) is 2.39. The van der Waals surface area contributed by atoms with Crippen molar-refractivity contribution >= 4 is 5.91 Å². The van der Waals surface area contributed by atoms with Crippen molar-refractivity contribution in [2.75, 3.05) is 13.2 Å². The third-order valence-electron chi connectivity index (χ3n) is 4.09. The van der Waals surface area contributed by atoms with Crippen molar-refractivity contribution in [3.05, 3.63) is 0 Å². The Kier molecular flexibility index (Phi) is 5.30. The molecule has 0 aromatic heterocycles. The summed E-state index contributed by atoms with van der Waals surface area (Å²) < 4.78 is 5.33. The van der Waals surface area contributed by atoms with Crippen molar-refractivity contribution in [2.45, 2.75) is 63.8 Å². The van der Waals surface area contributed by atoms with Gasteiger partial charge in [-0.15, -0.1) is 0 Å². The standard InChI is InChI=1S/C14H25NO2/c16-14(15-13-4-2-1-3-5-13)7-6-12-8-10-17-11-9-12/h12-13H,1-11H2,(H,15,16). The van der Waals surface area contributed by atoms with Crippen molar-refractivity contribution in [1.82, 2.24) is 5.32 Å². The minimum atomic E-state index is 0.267. The molecule has 1 N–H and O–H groups in total. The minimum Gasteiger partial charge on any atom is -0.381 e. The Labute approximate surface area is 104 Å². The molecule has 1 saturated carbocycles. The summed E-state index contributed by atoms with van der Waals surface area (Å²) in [5, 5.41) is 3.19. The van der Waals surface area contributed by atoms with E-state index in [1.54, 1.807) is 0 Å². The SMILES string of the molecule is O=C(CCC1CCOCC1)NC1CCCCC1. The fraction of sp³-hybridized carbons (Fsp3) is 0.929. The molecule has 17 heavy (non-hydrogen) atoms. The summed E-state index contributed by atoms with van der Waals surface area (Å²) in [5.74, 6) is 0.976. The van der Waals surface area contributed by atoms with E-state index in [0.717, 1.165) is 32.5 Å². The first-order valence-corrected chi connectivity index (χ1v) is 7.21. The van der Waals surface area contributed by atoms with Crippen LogP contribution in [0.15, 0.2) is 0 Å². The Morgan fingerprint density at radius 2 is 1.76 bits per heavy atom. The summed E-state index contributed by atoms with van der Waals surface area (Å²) in [6.45, 7) is 1.77. The summed E-state index contributed by atoms with van der Waals surface area (Å²) in [4.78, 5) is 11.8. The molecule has 1 amide bonds. The first-order chi connectivity index (χ1) is 8.34. The minimum absolute atomic E-state index is 0.267. The van der Waals surface area contributed by atoms with E-state index < -0.39 is 0 Å². The lowest BCUT2D eigenvalue weighted by atomic mass is 9.93. The van der Waals surface area contributed by atoms with E-state index in [4.69, 9.17) is 4.74 Å². The molecule has 1 aliphatic carbocycles. The zero-order valence-corrected chi connectivity index (χ0v) is 10.7. The van der Waals surface area contributed by atoms with E-state index in [1.165, 1.54) is 32.1 Å². The molecule has 3 heteroatoms. The van der Waals surface area contributed by atoms with Crippen LogP contribution in [0.2, 0.25) is 0 Å². The van der Waals surface area contributed by atoms with Gasteiger partial charge in [-0.1, -0.05) is 19.3 Å². The summed E-state index contributed by atoms with van der Waals surface area (Å²) in [6.07, 6.45) is 10.3. The van der Waals surface area contributed by atoms with Crippen LogP contribution in [0.3, 0.4) is 0 Å². The van der Waals surface area contributed by atoms with Gasteiger partial charge in [0.2, 0.25) is 5.91 Å². The summed E-state index contributed by atoms with van der Waals surface area (Å²) in [7, 11) is 0. The molecule has 3 nitrogen and oxygen atoms in total. The second-order valence-electron chi connectivity index (χ2n) is 5.50. The molecule has 2 rings (SSSR count). The number of ether oxygens (including phenoxy) is 1. The van der Waals surface area contributed by atoms with E-state index >= 15 is 0 Å². The Bertz CT molecular complexity index is 230. The van der Waals surface area contributed by atoms with Crippen LogP contribution < -0.4 is 5.32 Å². The number of hydrogen-bond acceptors (Lipinski definition) is 2. The van der Waals surface area contributed by atoms with Crippen molar-refractivity contribution in [2.24, 2.45) is 5.92 Å². The molecule has 0 bridgehead atoms. The molecule has 0 aromatic rings. The highest BCUT2D eigenvalue weighted by Gasteiger charge is 2.18. The normalized spacial score (nSPS) is 23.5. The first kappa shape index (κ1) is 12.9. The molecule has 2 fully saturated rings. The van der Waals surface area contributed by atoms with Gasteiger partial charge in [0, 0.05) is 25.7 Å². The highest BCUT2D eigenvalue weighted by atomic mass is 16.5. The summed E-state index contributed by atoms with van der Waals surface area (Å²) >= 11 is 0. The molecule has 0 spiro atoms. The van der Waals surface area contributed by atoms with Gasteiger partial charge in [0.1, 0.15) is 0 Å². The van der Waals surface area contributed by atoms with Crippen LogP contribution in [0.1, 0.15) is 57.8 Å². The van der Waals surface area contributed by atoms with E-state index in [1.807, 2.05) is 0 Å². The number of amides is 1. The number of rotatable bonds is 4. The molecule has 0 radical (unpaired) electrons. The highest BCUT2D eigenvalue weighted by Crippen LogP contribution is 2.21. The van der Waals surface area contributed by atoms with E-state index in [9.17, 15) is 4.79 Å². The van der Waals surface area contributed by atoms with Crippen LogP contribution in [0.4, 0.5) is 0 Å². The smallest absolute Gasteiger partial charge is 0.220 e. The number of carbonyl (C=O) groups excluding carboxylic acids is 1. The van der Waals surface area contributed by atoms with Crippen LogP contribution >= 0.6 is 0 Å². The number of nitrogens with one attached hydrogen (secondary N) is 1. The monoisotopic (exact) mass is 239 g/mol. The third-order valence-corrected chi connectivity index (χ3v) is 4.09. The van der Waals surface area contributed by atoms with Crippen molar-refractivity contribution in [3.8, 4) is 0 Å². The zero-order valence-electron chi connectivity index (χ0n) is 10.7. The number of hydrogen-bond donors (Lipinski definition) is 1. The van der Waals surface area contributed by atoms with E-state index in [-0.39, 0.29) is 5.91 Å². The Morgan fingerprint density at radius 3 is 2.47 bits per heavy atom. The zero-order chi connectivity index (χ0) is 11.9. The third kappa shape index (κ3) is 4.66. The Morgan fingerprint density at radius 1 is 1.06 bits per heavy atom. The molecule has 0 atom stereocenters. The number of carbonyl (C=O) groups is 1. The fourth-order valence-electron chi connectivity index (χ4n) is 2.92. The van der Waals surface area contributed by atoms with Gasteiger partial charge in [-0.25, -0.2) is 0 Å². The lowest BCUT2D eigenvalue weighted by Crippen LogP contribution is -2.36. The summed E-state index contributed by atoms with van der Waals surface area (Å²) in [6, 6.07) is 0.464. The molecule has 2 aliphatic rings. The van der Waals surface area contributed by atoms with Crippen LogP contribution in [0.25, 0.3) is 0 Å². The summed E-state index contributed by atoms with van der Waals surface area (Å²) in [5.41, 5.74) is 0. The van der Waals surface area contributed by atoms with Gasteiger partial charge in [0.25, 0.3) is 0 Å². The largest absolute Gasteiger partial charge is 0.381 e. The van der Waals surface area contributed by atoms with Gasteiger partial charge in [0.15, 0.2) is 0 Å². The Hall–Kier alpha value is -0.570. The molecule has 0 unspecified atom stereocenters. The van der Waals surface area contributed by atoms with Gasteiger partial charge in [-0.3, -0.25) is 4.79 Å². The molecule has 1 saturated heterocycles.